The van der Waals surface area contributed by atoms with E-state index in [9.17, 15) is 0 Å². The fraction of sp³-hybridized carbons (Fsp3) is 0. The molecule has 0 fully saturated rings. The van der Waals surface area contributed by atoms with Gasteiger partial charge < -0.3 is 548 Å². The van der Waals surface area contributed by atoms with Crippen LogP contribution in [0.3, 0.4) is 0 Å². The molecule has 0 saturated carbocycles. The summed E-state index contributed by atoms with van der Waals surface area (Å²) in [5, 5.41) is 0. The minimum atomic E-state index is 0. The molecule has 0 aromatic heterocycles. The molecule has 0 aliphatic heterocycles. The van der Waals surface area contributed by atoms with Gasteiger partial charge in [-0.25, -0.2) is 0 Å². The summed E-state index contributed by atoms with van der Waals surface area (Å²) in [6.07, 6.45) is 0. The molecule has 100 nitrogen and oxygen atoms in total. The first-order valence-corrected chi connectivity index (χ1v) is 0. The third-order valence-electron chi connectivity index (χ3n) is 0. The fourth-order valence-corrected chi connectivity index (χ4v) is 0. The van der Waals surface area contributed by atoms with Gasteiger partial charge in [-0.3, -0.25) is 0 Å². The van der Waals surface area contributed by atoms with Gasteiger partial charge in [-0.1, -0.05) is 0 Å². The monoisotopic (exact) mass is 3130 g/mol. The Bertz CT molecular complexity index is 48.3. The molecule has 0 radical (unpaired) electrons. The minimum absolute atomic E-state index is 0. The standard InChI is InChI=1S/10Eu.100O/q10*+3;100*-2. The summed E-state index contributed by atoms with van der Waals surface area (Å²) in [6.45, 7) is 0. The predicted molar refractivity (Wildman–Crippen MR) is 68.7 cm³/mol. The summed E-state index contributed by atoms with van der Waals surface area (Å²) in [4.78, 5) is 0. The fourth-order valence-electron chi connectivity index (χ4n) is 0. The molecule has 840 valence electrons. The summed E-state index contributed by atoms with van der Waals surface area (Å²) < 4.78 is 0. The van der Waals surface area contributed by atoms with Gasteiger partial charge in [0, 0.05) is 0 Å². The van der Waals surface area contributed by atoms with Gasteiger partial charge in [-0.2, -0.15) is 0 Å². The van der Waals surface area contributed by atoms with Crippen LogP contribution in [0.1, 0.15) is 0 Å². The second-order valence-corrected chi connectivity index (χ2v) is 0. The molecule has 0 aliphatic rings. The quantitative estimate of drug-likeness (QED) is 0.218. The Labute approximate surface area is 1020 Å². The average molecular weight is 3120 g/mol. The Balaban J connectivity index is 0. The Morgan fingerprint density at radius 1 is 0.0182 bits per heavy atom. The normalized spacial score (nSPS) is 0. The van der Waals surface area contributed by atoms with E-state index in [0.717, 1.165) is 0 Å². The summed E-state index contributed by atoms with van der Waals surface area (Å²) >= 11 is 0. The molecule has 0 unspecified atom stereocenters. The van der Waals surface area contributed by atoms with Crippen LogP contribution in [0, 0.1) is 494 Å². The zero-order valence-electron chi connectivity index (χ0n) is 44.6. The molecule has 0 bridgehead atoms. The van der Waals surface area contributed by atoms with Crippen molar-refractivity contribution in [1.82, 2.24) is 0 Å². The smallest absolute Gasteiger partial charge is 2.00 e. The Morgan fingerprint density at radius 3 is 0.0182 bits per heavy atom. The summed E-state index contributed by atoms with van der Waals surface area (Å²) in [5.74, 6) is 0. The summed E-state index contributed by atoms with van der Waals surface area (Å²) in [6, 6.07) is 0. The largest absolute Gasteiger partial charge is 3.00 e. The molecular formula is Eu10O100-170. The Hall–Kier alpha value is 11.8. The van der Waals surface area contributed by atoms with Gasteiger partial charge >= 0.3 is 494 Å². The molecule has 0 heterocycles. The second kappa shape index (κ2) is 12400. The SMILES string of the molecule is [Eu+3].[Eu+3].[Eu+3].[Eu+3].[Eu+3].[Eu+3].[Eu+3].[Eu+3].[Eu+3].[Eu+3].[O-2].[O-2].[O-2].[O-2].[O-2].[O-2].[O-2].[O-2].[O-2].[O-2].[O-2].[O-2].[O-2].[O-2].[O-2].[O-2].[O-2].[O-2].[O-2].[O-2].[O-2].[O-2].[O-2].[O-2].[O-2].[O-2].[O-2].[O-2].[O-2].[O-2].[O-2].[O-2].[O-2].[O-2].[O-2].[O-2].[O-2].[O-2].[O-2].[O-2].[O-2].[O-2].[O-2].[O-2].[O-2].[O-2].[O-2].[O-2].[O-2].[O-2].[O-2].[O-2].[O-2].[O-2].[O-2].[O-2].[O-2].[O-2].[O-2].[O-2].[O-2].[O-2].[O-2].[O-2].[O-2].[O-2].[O-2].[O-2].[O-2].[O-2].[O-2].[O-2].[O-2].[O-2].[O-2].[O-2].[O-2].[O-2].[O-2].[O-2].[O-2].[O-2].[O-2].[O-2].[O-2].[O-2].[O-2].[O-2].[O-2].[O-2].[O-2].[O-2].[O-2].[O-2].[O-2].[O-2].[O-2].[O-2].[O-2].[O-2]. The van der Waals surface area contributed by atoms with Crippen LogP contribution in [0.4, 0.5) is 0 Å². The van der Waals surface area contributed by atoms with Crippen molar-refractivity contribution in [1.29, 1.82) is 0 Å². The maximum atomic E-state index is 0. The van der Waals surface area contributed by atoms with E-state index in [4.69, 9.17) is 0 Å². The third-order valence-corrected chi connectivity index (χ3v) is 0. The topological polar surface area (TPSA) is 2850 Å². The van der Waals surface area contributed by atoms with E-state index in [2.05, 4.69) is 0 Å². The third kappa shape index (κ3) is 12100. The van der Waals surface area contributed by atoms with Crippen LogP contribution in [-0.4, -0.2) is 0 Å². The second-order valence-electron chi connectivity index (χ2n) is 0. The van der Waals surface area contributed by atoms with Crippen molar-refractivity contribution in [3.05, 3.63) is 0 Å². The van der Waals surface area contributed by atoms with Gasteiger partial charge in [0.1, 0.15) is 0 Å². The summed E-state index contributed by atoms with van der Waals surface area (Å²) in [7, 11) is 0. The van der Waals surface area contributed by atoms with E-state index < -0.39 is 0 Å². The number of rotatable bonds is 0. The molecule has 0 N–H and O–H groups in total. The van der Waals surface area contributed by atoms with Crippen LogP contribution in [0.2, 0.25) is 0 Å². The van der Waals surface area contributed by atoms with Crippen LogP contribution < -0.4 is 0 Å². The van der Waals surface area contributed by atoms with Crippen molar-refractivity contribution < 1.29 is 1040 Å². The molecule has 0 saturated heterocycles. The Kier molecular flexibility index (Phi) is 1430000. The first kappa shape index (κ1) is 12700. The van der Waals surface area contributed by atoms with Crippen molar-refractivity contribution in [2.75, 3.05) is 0 Å². The molecule has 110 heteroatoms. The molecule has 0 spiro atoms. The van der Waals surface area contributed by atoms with Crippen molar-refractivity contribution in [2.24, 2.45) is 0 Å². The van der Waals surface area contributed by atoms with Crippen LogP contribution in [0.5, 0.6) is 0 Å². The molecule has 0 amide bonds. The first-order chi connectivity index (χ1) is 0. The van der Waals surface area contributed by atoms with Gasteiger partial charge in [0.25, 0.3) is 0 Å². The number of hydrogen-bond donors (Lipinski definition) is 0. The Morgan fingerprint density at radius 2 is 0.0182 bits per heavy atom. The van der Waals surface area contributed by atoms with Crippen molar-refractivity contribution in [3.63, 3.8) is 0 Å². The van der Waals surface area contributed by atoms with Crippen molar-refractivity contribution >= 4 is 0 Å². The maximum Gasteiger partial charge on any atom is 3.00 e. The van der Waals surface area contributed by atoms with Gasteiger partial charge in [0.2, 0.25) is 0 Å². The van der Waals surface area contributed by atoms with E-state index in [-0.39, 0.29) is 1040 Å². The van der Waals surface area contributed by atoms with Gasteiger partial charge in [0.05, 0.1) is 0 Å². The maximum absolute atomic E-state index is 0. The van der Waals surface area contributed by atoms with E-state index >= 15 is 0 Å². The number of hydrogen-bond acceptors (Lipinski definition) is 0. The van der Waals surface area contributed by atoms with Crippen molar-refractivity contribution in [2.45, 2.75) is 0 Å². The zero-order chi connectivity index (χ0) is 0. The van der Waals surface area contributed by atoms with Crippen LogP contribution in [-0.2, 0) is 548 Å². The van der Waals surface area contributed by atoms with E-state index in [0.29, 0.717) is 0 Å². The van der Waals surface area contributed by atoms with Crippen LogP contribution >= 0.6 is 0 Å². The first-order valence-electron chi connectivity index (χ1n) is 0. The molecule has 0 rings (SSSR count). The molecular weight excluding hydrogens is 3120 g/mol. The van der Waals surface area contributed by atoms with E-state index in [1.54, 1.807) is 0 Å². The van der Waals surface area contributed by atoms with E-state index in [1.807, 2.05) is 0 Å². The predicted octanol–water partition coefficient (Wildman–Crippen LogP) is -11.9. The average Bonchev–Trinajstić information content (AvgIpc) is 0. The van der Waals surface area contributed by atoms with Gasteiger partial charge in [-0.15, -0.1) is 0 Å². The van der Waals surface area contributed by atoms with Gasteiger partial charge in [0.15, 0.2) is 0 Å². The molecule has 0 aliphatic carbocycles. The van der Waals surface area contributed by atoms with E-state index in [1.165, 1.54) is 0 Å². The van der Waals surface area contributed by atoms with Crippen LogP contribution in [0.15, 0.2) is 0 Å². The minimum Gasteiger partial charge on any atom is -2.00 e. The summed E-state index contributed by atoms with van der Waals surface area (Å²) in [5.41, 5.74) is 0. The zero-order valence-corrected chi connectivity index (χ0v) is 68.9. The van der Waals surface area contributed by atoms with Crippen molar-refractivity contribution in [3.8, 4) is 0 Å². The molecule has 0 atom stereocenters. The molecule has 0 aromatic rings. The molecule has 110 heavy (non-hydrogen) atoms. The van der Waals surface area contributed by atoms with Crippen LogP contribution in [0.25, 0.3) is 0 Å². The van der Waals surface area contributed by atoms with Gasteiger partial charge in [-0.05, 0) is 0 Å². The molecule has 0 aromatic carbocycles.